The van der Waals surface area contributed by atoms with Gasteiger partial charge in [-0.2, -0.15) is 15.0 Å². The lowest BCUT2D eigenvalue weighted by molar-refractivity contribution is -0.0910. The minimum atomic E-state index is -0.0362. The molecule has 2 unspecified atom stereocenters. The van der Waals surface area contributed by atoms with E-state index in [1.807, 2.05) is 11.8 Å². The summed E-state index contributed by atoms with van der Waals surface area (Å²) in [6.45, 7) is 9.11. The SMILES string of the molecule is CCn1ncc(CNC(=O)N2CC(C)(C)C2C2CCCO2)n1. The summed E-state index contributed by atoms with van der Waals surface area (Å²) >= 11 is 0. The van der Waals surface area contributed by atoms with Crippen LogP contribution in [0.5, 0.6) is 0 Å². The summed E-state index contributed by atoms with van der Waals surface area (Å²) in [4.78, 5) is 16.0. The van der Waals surface area contributed by atoms with Crippen molar-refractivity contribution in [2.75, 3.05) is 13.2 Å². The van der Waals surface area contributed by atoms with Crippen molar-refractivity contribution in [3.8, 4) is 0 Å². The number of aromatic nitrogens is 3. The van der Waals surface area contributed by atoms with E-state index in [0.717, 1.165) is 38.2 Å². The van der Waals surface area contributed by atoms with E-state index in [2.05, 4.69) is 29.4 Å². The average molecular weight is 307 g/mol. The number of hydrogen-bond donors (Lipinski definition) is 1. The standard InChI is InChI=1S/C15H25N5O2/c1-4-20-17-9-11(18-20)8-16-14(21)19-10-15(2,3)13(19)12-6-5-7-22-12/h9,12-13H,4-8,10H2,1-3H3,(H,16,21). The third kappa shape index (κ3) is 2.82. The molecular formula is C15H25N5O2. The molecule has 1 N–H and O–H groups in total. The number of aryl methyl sites for hydroxylation is 1. The van der Waals surface area contributed by atoms with Gasteiger partial charge in [0.2, 0.25) is 0 Å². The van der Waals surface area contributed by atoms with Crippen LogP contribution in [0, 0.1) is 5.41 Å². The first-order valence-corrected chi connectivity index (χ1v) is 8.06. The fraction of sp³-hybridized carbons (Fsp3) is 0.800. The predicted octanol–water partition coefficient (Wildman–Crippen LogP) is 1.40. The number of rotatable bonds is 4. The zero-order valence-corrected chi connectivity index (χ0v) is 13.6. The molecule has 2 amide bonds. The zero-order valence-electron chi connectivity index (χ0n) is 13.6. The van der Waals surface area contributed by atoms with E-state index in [9.17, 15) is 4.79 Å². The minimum absolute atomic E-state index is 0.0362. The number of carbonyl (C=O) groups excluding carboxylic acids is 1. The largest absolute Gasteiger partial charge is 0.376 e. The summed E-state index contributed by atoms with van der Waals surface area (Å²) in [6.07, 6.45) is 4.01. The van der Waals surface area contributed by atoms with Crippen LogP contribution in [-0.2, 0) is 17.8 Å². The second-order valence-corrected chi connectivity index (χ2v) is 6.80. The molecule has 3 heterocycles. The van der Waals surface area contributed by atoms with Gasteiger partial charge in [-0.15, -0.1) is 0 Å². The number of likely N-dealkylation sites (tertiary alicyclic amines) is 1. The van der Waals surface area contributed by atoms with E-state index in [0.29, 0.717) is 6.54 Å². The van der Waals surface area contributed by atoms with E-state index in [4.69, 9.17) is 4.74 Å². The molecule has 2 fully saturated rings. The summed E-state index contributed by atoms with van der Waals surface area (Å²) in [5, 5.41) is 11.3. The molecule has 3 rings (SSSR count). The van der Waals surface area contributed by atoms with Gasteiger partial charge < -0.3 is 15.0 Å². The van der Waals surface area contributed by atoms with Crippen molar-refractivity contribution in [1.29, 1.82) is 0 Å². The van der Waals surface area contributed by atoms with E-state index < -0.39 is 0 Å². The average Bonchev–Trinajstić information content (AvgIpc) is 3.13. The maximum atomic E-state index is 12.4. The molecule has 2 aliphatic rings. The van der Waals surface area contributed by atoms with Gasteiger partial charge in [-0.1, -0.05) is 13.8 Å². The van der Waals surface area contributed by atoms with Gasteiger partial charge in [-0.25, -0.2) is 4.79 Å². The van der Waals surface area contributed by atoms with Crippen LogP contribution in [0.1, 0.15) is 39.3 Å². The molecule has 7 nitrogen and oxygen atoms in total. The molecule has 1 aromatic heterocycles. The maximum absolute atomic E-state index is 12.4. The Bertz CT molecular complexity index is 536. The smallest absolute Gasteiger partial charge is 0.318 e. The third-order valence-corrected chi connectivity index (χ3v) is 4.58. The van der Waals surface area contributed by atoms with E-state index in [-0.39, 0.29) is 23.6 Å². The predicted molar refractivity (Wildman–Crippen MR) is 81.2 cm³/mol. The van der Waals surface area contributed by atoms with Crippen LogP contribution in [0.15, 0.2) is 6.20 Å². The highest BCUT2D eigenvalue weighted by atomic mass is 16.5. The van der Waals surface area contributed by atoms with E-state index in [1.54, 1.807) is 11.0 Å². The van der Waals surface area contributed by atoms with Crippen LogP contribution in [0.3, 0.4) is 0 Å². The zero-order chi connectivity index (χ0) is 15.7. The first-order chi connectivity index (χ1) is 10.5. The lowest BCUT2D eigenvalue weighted by Crippen LogP contribution is -2.69. The van der Waals surface area contributed by atoms with Gasteiger partial charge in [0.15, 0.2) is 0 Å². The Hall–Kier alpha value is -1.63. The van der Waals surface area contributed by atoms with Crippen molar-refractivity contribution in [2.24, 2.45) is 5.41 Å². The molecule has 0 bridgehead atoms. The number of hydrogen-bond acceptors (Lipinski definition) is 4. The second kappa shape index (κ2) is 5.87. The van der Waals surface area contributed by atoms with Crippen molar-refractivity contribution in [2.45, 2.75) is 58.8 Å². The number of ether oxygens (including phenoxy) is 1. The van der Waals surface area contributed by atoms with Crippen molar-refractivity contribution >= 4 is 6.03 Å². The fourth-order valence-electron chi connectivity index (χ4n) is 3.53. The number of urea groups is 1. The molecule has 0 saturated carbocycles. The monoisotopic (exact) mass is 307 g/mol. The molecule has 0 radical (unpaired) electrons. The van der Waals surface area contributed by atoms with Crippen LogP contribution >= 0.6 is 0 Å². The summed E-state index contributed by atoms with van der Waals surface area (Å²) in [5.41, 5.74) is 0.904. The third-order valence-electron chi connectivity index (χ3n) is 4.58. The molecule has 122 valence electrons. The highest BCUT2D eigenvalue weighted by molar-refractivity contribution is 5.76. The molecule has 22 heavy (non-hydrogen) atoms. The molecule has 0 spiro atoms. The van der Waals surface area contributed by atoms with E-state index in [1.165, 1.54) is 0 Å². The molecule has 2 atom stereocenters. The number of nitrogens with zero attached hydrogens (tertiary/aromatic N) is 4. The summed E-state index contributed by atoms with van der Waals surface area (Å²) in [5.74, 6) is 0. The van der Waals surface area contributed by atoms with Gasteiger partial charge in [0.1, 0.15) is 5.69 Å². The van der Waals surface area contributed by atoms with Crippen molar-refractivity contribution in [3.05, 3.63) is 11.9 Å². The van der Waals surface area contributed by atoms with Gasteiger partial charge in [-0.05, 0) is 19.8 Å². The number of nitrogens with one attached hydrogen (secondary N) is 1. The molecular weight excluding hydrogens is 282 g/mol. The van der Waals surface area contributed by atoms with Crippen LogP contribution in [-0.4, -0.2) is 51.2 Å². The van der Waals surface area contributed by atoms with Crippen LogP contribution in [0.2, 0.25) is 0 Å². The van der Waals surface area contributed by atoms with Gasteiger partial charge >= 0.3 is 6.03 Å². The Labute approximate surface area is 131 Å². The summed E-state index contributed by atoms with van der Waals surface area (Å²) < 4.78 is 5.81. The molecule has 7 heteroatoms. The van der Waals surface area contributed by atoms with Crippen LogP contribution in [0.25, 0.3) is 0 Å². The second-order valence-electron chi connectivity index (χ2n) is 6.80. The first kappa shape index (κ1) is 15.3. The van der Waals surface area contributed by atoms with Crippen molar-refractivity contribution in [3.63, 3.8) is 0 Å². The van der Waals surface area contributed by atoms with Crippen molar-refractivity contribution < 1.29 is 9.53 Å². The lowest BCUT2D eigenvalue weighted by Gasteiger charge is -2.56. The highest BCUT2D eigenvalue weighted by Crippen LogP contribution is 2.42. The number of carbonyl (C=O) groups is 1. The minimum Gasteiger partial charge on any atom is -0.376 e. The van der Waals surface area contributed by atoms with Crippen LogP contribution < -0.4 is 5.32 Å². The summed E-state index contributed by atoms with van der Waals surface area (Å²) in [6, 6.07) is 0.132. The lowest BCUT2D eigenvalue weighted by atomic mass is 9.72. The molecule has 2 aliphatic heterocycles. The first-order valence-electron chi connectivity index (χ1n) is 8.06. The van der Waals surface area contributed by atoms with Gasteiger partial charge in [0.05, 0.1) is 31.4 Å². The highest BCUT2D eigenvalue weighted by Gasteiger charge is 2.52. The Morgan fingerprint density at radius 3 is 2.95 bits per heavy atom. The normalized spacial score (nSPS) is 26.8. The molecule has 0 aliphatic carbocycles. The molecule has 1 aromatic rings. The van der Waals surface area contributed by atoms with Gasteiger partial charge in [0.25, 0.3) is 0 Å². The van der Waals surface area contributed by atoms with Crippen LogP contribution in [0.4, 0.5) is 4.79 Å². The Kier molecular flexibility index (Phi) is 4.08. The number of amides is 2. The molecule has 2 saturated heterocycles. The Balaban J connectivity index is 1.57. The quantitative estimate of drug-likeness (QED) is 0.912. The van der Waals surface area contributed by atoms with E-state index >= 15 is 0 Å². The fourth-order valence-corrected chi connectivity index (χ4v) is 3.53. The summed E-state index contributed by atoms with van der Waals surface area (Å²) in [7, 11) is 0. The van der Waals surface area contributed by atoms with Gasteiger partial charge in [0, 0.05) is 18.6 Å². The van der Waals surface area contributed by atoms with Crippen molar-refractivity contribution in [1.82, 2.24) is 25.2 Å². The topological polar surface area (TPSA) is 72.3 Å². The Morgan fingerprint density at radius 1 is 1.55 bits per heavy atom. The van der Waals surface area contributed by atoms with Gasteiger partial charge in [-0.3, -0.25) is 0 Å². The Morgan fingerprint density at radius 2 is 2.36 bits per heavy atom. The maximum Gasteiger partial charge on any atom is 0.318 e. The molecule has 0 aromatic carbocycles.